The van der Waals surface area contributed by atoms with Crippen LogP contribution in [0, 0.1) is 6.92 Å². The van der Waals surface area contributed by atoms with Gasteiger partial charge in [-0.05, 0) is 66.4 Å². The largest absolute Gasteiger partial charge is 0.573 e. The number of nitrogens with zero attached hydrogens (tertiary/aromatic N) is 5. The maximum Gasteiger partial charge on any atom is 0.573 e. The van der Waals surface area contributed by atoms with Crippen LogP contribution in [0.2, 0.25) is 0 Å². The molecule has 0 fully saturated rings. The molecule has 0 saturated carbocycles. The molecule has 9 nitrogen and oxygen atoms in total. The number of hydrogen-bond donors (Lipinski definition) is 1. The number of amides is 2. The van der Waals surface area contributed by atoms with Gasteiger partial charge < -0.3 is 14.8 Å². The summed E-state index contributed by atoms with van der Waals surface area (Å²) in [6.45, 7) is 5.91. The van der Waals surface area contributed by atoms with E-state index in [4.69, 9.17) is 4.74 Å². The molecule has 2 aromatic heterocycles. The molecule has 0 aliphatic carbocycles. The molecule has 0 aliphatic heterocycles. The standard InChI is InChI=1S/C32H29F5N6O3S/c1-18(2)25-15-24(45-4)13-14-26(25)43-19(3)16-47-31(43)40-30(44)39-28(34)27(33)20-5-7-21(8-6-20)29-38-17-42(41-29)22-9-11-23(12-10-22)46-32(35,36)37/h5-18,27-28H,1-4H3,(H,39,44)/b40-31-. The summed E-state index contributed by atoms with van der Waals surface area (Å²) in [5.41, 5.74) is 3.42. The molecule has 3 aromatic carbocycles. The van der Waals surface area contributed by atoms with Crippen LogP contribution in [0.1, 0.15) is 42.8 Å². The molecule has 0 spiro atoms. The second-order valence-electron chi connectivity index (χ2n) is 10.6. The summed E-state index contributed by atoms with van der Waals surface area (Å²) >= 11 is 1.19. The summed E-state index contributed by atoms with van der Waals surface area (Å²) in [6, 6.07) is 15.2. The molecule has 1 N–H and O–H groups in total. The Morgan fingerprint density at radius 3 is 2.32 bits per heavy atom. The number of carbonyl (C=O) groups excluding carboxylic acids is 1. The van der Waals surface area contributed by atoms with Crippen LogP contribution in [0.5, 0.6) is 11.5 Å². The first kappa shape index (κ1) is 33.3. The molecule has 2 unspecified atom stereocenters. The van der Waals surface area contributed by atoms with Gasteiger partial charge in [0.2, 0.25) is 6.30 Å². The van der Waals surface area contributed by atoms with E-state index in [1.54, 1.807) is 17.7 Å². The molecule has 0 radical (unpaired) electrons. The molecular weight excluding hydrogens is 643 g/mol. The fourth-order valence-electron chi connectivity index (χ4n) is 4.70. The van der Waals surface area contributed by atoms with Gasteiger partial charge in [-0.3, -0.25) is 4.57 Å². The zero-order valence-electron chi connectivity index (χ0n) is 25.5. The Bertz CT molecular complexity index is 1920. The Kier molecular flexibility index (Phi) is 9.75. The highest BCUT2D eigenvalue weighted by atomic mass is 32.1. The van der Waals surface area contributed by atoms with Crippen LogP contribution in [0.3, 0.4) is 0 Å². The first-order chi connectivity index (χ1) is 22.3. The van der Waals surface area contributed by atoms with Crippen LogP contribution in [0.4, 0.5) is 26.7 Å². The average Bonchev–Trinajstić information content (AvgIpc) is 3.67. The van der Waals surface area contributed by atoms with Crippen LogP contribution in [0.25, 0.3) is 22.8 Å². The van der Waals surface area contributed by atoms with Gasteiger partial charge in [-0.15, -0.1) is 29.6 Å². The van der Waals surface area contributed by atoms with Crippen LogP contribution >= 0.6 is 11.3 Å². The van der Waals surface area contributed by atoms with E-state index in [-0.39, 0.29) is 27.9 Å². The van der Waals surface area contributed by atoms with Crippen molar-refractivity contribution in [1.29, 1.82) is 0 Å². The highest BCUT2D eigenvalue weighted by molar-refractivity contribution is 7.07. The quantitative estimate of drug-likeness (QED) is 0.128. The third-order valence-corrected chi connectivity index (χ3v) is 7.95. The Morgan fingerprint density at radius 1 is 1.00 bits per heavy atom. The van der Waals surface area contributed by atoms with Gasteiger partial charge in [0.25, 0.3) is 0 Å². The van der Waals surface area contributed by atoms with Crippen molar-refractivity contribution >= 4 is 17.4 Å². The summed E-state index contributed by atoms with van der Waals surface area (Å²) in [7, 11) is 1.58. The van der Waals surface area contributed by atoms with Crippen LogP contribution < -0.4 is 19.6 Å². The Labute approximate surface area is 270 Å². The maximum absolute atomic E-state index is 15.1. The second kappa shape index (κ2) is 13.7. The number of urea groups is 1. The monoisotopic (exact) mass is 672 g/mol. The smallest absolute Gasteiger partial charge is 0.497 e. The number of aryl methyl sites for hydroxylation is 1. The van der Waals surface area contributed by atoms with E-state index < -0.39 is 24.9 Å². The predicted molar refractivity (Wildman–Crippen MR) is 165 cm³/mol. The van der Waals surface area contributed by atoms with Crippen molar-refractivity contribution in [3.63, 3.8) is 0 Å². The fourth-order valence-corrected chi connectivity index (χ4v) is 5.57. The van der Waals surface area contributed by atoms with Crippen molar-refractivity contribution < 1.29 is 36.2 Å². The van der Waals surface area contributed by atoms with Gasteiger partial charge in [-0.2, -0.15) is 4.99 Å². The summed E-state index contributed by atoms with van der Waals surface area (Å²) in [6.07, 6.45) is -8.04. The normalized spacial score (nSPS) is 13.4. The highest BCUT2D eigenvalue weighted by Crippen LogP contribution is 2.29. The molecule has 2 amide bonds. The number of hydrogen-bond acceptors (Lipinski definition) is 6. The van der Waals surface area contributed by atoms with Crippen molar-refractivity contribution in [2.24, 2.45) is 4.99 Å². The number of halogens is 5. The molecule has 5 rings (SSSR count). The van der Waals surface area contributed by atoms with Gasteiger partial charge in [-0.1, -0.05) is 38.1 Å². The minimum Gasteiger partial charge on any atom is -0.497 e. The Balaban J connectivity index is 1.27. The molecular formula is C32H29F5N6O3S. The summed E-state index contributed by atoms with van der Waals surface area (Å²) in [5.74, 6) is 0.663. The average molecular weight is 673 g/mol. The lowest BCUT2D eigenvalue weighted by Crippen LogP contribution is -2.34. The van der Waals surface area contributed by atoms with Crippen molar-refractivity contribution in [2.45, 2.75) is 45.5 Å². The summed E-state index contributed by atoms with van der Waals surface area (Å²) in [5, 5.41) is 8.09. The minimum atomic E-state index is -4.81. The number of ether oxygens (including phenoxy) is 2. The number of benzene rings is 3. The second-order valence-corrected chi connectivity index (χ2v) is 11.5. The Hall–Kier alpha value is -5.05. The molecule has 47 heavy (non-hydrogen) atoms. The van der Waals surface area contributed by atoms with E-state index in [9.17, 15) is 22.4 Å². The van der Waals surface area contributed by atoms with Gasteiger partial charge >= 0.3 is 12.4 Å². The van der Waals surface area contributed by atoms with E-state index in [0.717, 1.165) is 29.1 Å². The topological polar surface area (TPSA) is 95.6 Å². The van der Waals surface area contributed by atoms with E-state index in [1.807, 2.05) is 43.6 Å². The number of rotatable bonds is 9. The van der Waals surface area contributed by atoms with Crippen LogP contribution in [-0.2, 0) is 0 Å². The minimum absolute atomic E-state index is 0.0388. The molecule has 0 bridgehead atoms. The number of methoxy groups -OCH3 is 1. The van der Waals surface area contributed by atoms with Crippen LogP contribution in [0.15, 0.2) is 83.4 Å². The van der Waals surface area contributed by atoms with E-state index >= 15 is 4.39 Å². The third-order valence-electron chi connectivity index (χ3n) is 7.01. The molecule has 246 valence electrons. The van der Waals surface area contributed by atoms with Crippen molar-refractivity contribution in [2.75, 3.05) is 7.11 Å². The lowest BCUT2D eigenvalue weighted by atomic mass is 10.0. The predicted octanol–water partition coefficient (Wildman–Crippen LogP) is 7.74. The fraction of sp³-hybridized carbons (Fsp3) is 0.250. The lowest BCUT2D eigenvalue weighted by molar-refractivity contribution is -0.274. The first-order valence-corrected chi connectivity index (χ1v) is 15.1. The van der Waals surface area contributed by atoms with Gasteiger partial charge in [0.1, 0.15) is 17.8 Å². The van der Waals surface area contributed by atoms with Gasteiger partial charge in [0, 0.05) is 16.6 Å². The van der Waals surface area contributed by atoms with E-state index in [1.165, 1.54) is 58.7 Å². The number of thiazole rings is 1. The SMILES string of the molecule is COc1ccc(-n2c(C)cs/c2=N\C(=O)NC(F)C(F)c2ccc(-c3ncn(-c4ccc(OC(F)(F)F)cc4)n3)cc2)c(C(C)C)c1. The molecule has 2 atom stereocenters. The van der Waals surface area contributed by atoms with Crippen molar-refractivity contribution in [3.05, 3.63) is 100 Å². The van der Waals surface area contributed by atoms with Gasteiger partial charge in [-0.25, -0.2) is 23.2 Å². The maximum atomic E-state index is 15.1. The molecule has 2 heterocycles. The summed E-state index contributed by atoms with van der Waals surface area (Å²) in [4.78, 5) is 21.2. The molecule has 0 aliphatic rings. The lowest BCUT2D eigenvalue weighted by Gasteiger charge is -2.17. The van der Waals surface area contributed by atoms with E-state index in [2.05, 4.69) is 19.8 Å². The molecule has 0 saturated heterocycles. The molecule has 5 aromatic rings. The zero-order valence-corrected chi connectivity index (χ0v) is 26.3. The van der Waals surface area contributed by atoms with Crippen LogP contribution in [-0.4, -0.2) is 45.1 Å². The number of aromatic nitrogens is 4. The van der Waals surface area contributed by atoms with Gasteiger partial charge in [0.15, 0.2) is 16.8 Å². The zero-order chi connectivity index (χ0) is 33.9. The van der Waals surface area contributed by atoms with Gasteiger partial charge in [0.05, 0.1) is 18.5 Å². The number of carbonyl (C=O) groups is 1. The first-order valence-electron chi connectivity index (χ1n) is 14.2. The highest BCUT2D eigenvalue weighted by Gasteiger charge is 2.31. The molecule has 15 heteroatoms. The van der Waals surface area contributed by atoms with E-state index in [0.29, 0.717) is 17.0 Å². The van der Waals surface area contributed by atoms with Crippen molar-refractivity contribution in [3.8, 4) is 34.3 Å². The Morgan fingerprint density at radius 2 is 1.68 bits per heavy atom. The number of nitrogens with one attached hydrogen (secondary N) is 1. The summed E-state index contributed by atoms with van der Waals surface area (Å²) < 4.78 is 79.7. The van der Waals surface area contributed by atoms with Crippen molar-refractivity contribution in [1.82, 2.24) is 24.6 Å². The third kappa shape index (κ3) is 7.85. The number of alkyl halides is 5.